The number of likely N-dealkylation sites (tertiary alicyclic amines) is 1. The smallest absolute Gasteiger partial charge is 0.230 e. The third kappa shape index (κ3) is 4.20. The van der Waals surface area contributed by atoms with Crippen LogP contribution in [0.25, 0.3) is 22.5 Å². The lowest BCUT2D eigenvalue weighted by molar-refractivity contribution is -0.142. The Labute approximate surface area is 225 Å². The maximum Gasteiger partial charge on any atom is 0.230 e. The van der Waals surface area contributed by atoms with Gasteiger partial charge in [-0.15, -0.1) is 10.2 Å². The Morgan fingerprint density at radius 3 is 2.37 bits per heavy atom. The van der Waals surface area contributed by atoms with E-state index in [2.05, 4.69) is 56.4 Å². The predicted molar refractivity (Wildman–Crippen MR) is 142 cm³/mol. The van der Waals surface area contributed by atoms with Crippen molar-refractivity contribution in [1.29, 1.82) is 0 Å². The number of rotatable bonds is 7. The third-order valence-electron chi connectivity index (χ3n) is 7.59. The van der Waals surface area contributed by atoms with Crippen molar-refractivity contribution < 1.29 is 9.59 Å². The van der Waals surface area contributed by atoms with Crippen LogP contribution in [-0.4, -0.2) is 46.9 Å². The number of aryl methyl sites for hydroxylation is 1. The SMILES string of the molecule is CCCCc1nc(Cl)c2n1[C@H](c1ccc(-c3ccccc3-c3nn[nH]n3)cc1)CC[C@@H]2N1C(=O)CCC1=O. The van der Waals surface area contributed by atoms with Crippen LogP contribution in [0.3, 0.4) is 0 Å². The molecule has 0 unspecified atom stereocenters. The highest BCUT2D eigenvalue weighted by Gasteiger charge is 2.42. The van der Waals surface area contributed by atoms with Crippen LogP contribution in [0.2, 0.25) is 5.15 Å². The summed E-state index contributed by atoms with van der Waals surface area (Å²) < 4.78 is 2.20. The molecule has 38 heavy (non-hydrogen) atoms. The van der Waals surface area contributed by atoms with Gasteiger partial charge in [0.2, 0.25) is 17.6 Å². The summed E-state index contributed by atoms with van der Waals surface area (Å²) in [7, 11) is 0. The number of imide groups is 1. The fourth-order valence-electron chi connectivity index (χ4n) is 5.80. The quantitative estimate of drug-likeness (QED) is 0.325. The molecular weight excluding hydrogens is 502 g/mol. The van der Waals surface area contributed by atoms with Crippen molar-refractivity contribution in [2.45, 2.75) is 64.0 Å². The van der Waals surface area contributed by atoms with Gasteiger partial charge in [0.25, 0.3) is 0 Å². The second-order valence-electron chi connectivity index (χ2n) is 9.85. The zero-order chi connectivity index (χ0) is 26.2. The average molecular weight is 530 g/mol. The lowest BCUT2D eigenvalue weighted by atomic mass is 9.90. The molecule has 0 aliphatic carbocycles. The molecule has 2 aliphatic heterocycles. The number of tetrazole rings is 1. The molecule has 1 N–H and O–H groups in total. The molecule has 1 fully saturated rings. The number of imidazole rings is 1. The molecule has 2 aromatic heterocycles. The van der Waals surface area contributed by atoms with Crippen LogP contribution >= 0.6 is 11.6 Å². The van der Waals surface area contributed by atoms with Crippen LogP contribution in [0.1, 0.15) is 74.6 Å². The highest BCUT2D eigenvalue weighted by Crippen LogP contribution is 2.45. The number of carbonyl (C=O) groups excluding carboxylic acids is 2. The fourth-order valence-corrected chi connectivity index (χ4v) is 6.12. The largest absolute Gasteiger partial charge is 0.321 e. The molecule has 2 aliphatic rings. The molecule has 9 nitrogen and oxygen atoms in total. The summed E-state index contributed by atoms with van der Waals surface area (Å²) >= 11 is 6.73. The summed E-state index contributed by atoms with van der Waals surface area (Å²) in [6, 6.07) is 16.1. The molecule has 6 rings (SSSR count). The van der Waals surface area contributed by atoms with E-state index >= 15 is 0 Å². The van der Waals surface area contributed by atoms with E-state index in [0.717, 1.165) is 59.5 Å². The summed E-state index contributed by atoms with van der Waals surface area (Å²) in [4.78, 5) is 31.4. The minimum absolute atomic E-state index is 0.0161. The van der Waals surface area contributed by atoms with Gasteiger partial charge in [0.1, 0.15) is 5.82 Å². The van der Waals surface area contributed by atoms with Crippen LogP contribution in [0.4, 0.5) is 0 Å². The van der Waals surface area contributed by atoms with Crippen LogP contribution in [0.5, 0.6) is 0 Å². The summed E-state index contributed by atoms with van der Waals surface area (Å²) in [6.45, 7) is 2.15. The molecule has 10 heteroatoms. The molecule has 2 amide bonds. The van der Waals surface area contributed by atoms with Gasteiger partial charge in [0.05, 0.1) is 17.8 Å². The minimum atomic E-state index is -0.370. The number of amides is 2. The van der Waals surface area contributed by atoms with Crippen molar-refractivity contribution in [3.63, 3.8) is 0 Å². The molecule has 0 spiro atoms. The van der Waals surface area contributed by atoms with Gasteiger partial charge in [-0.2, -0.15) is 5.21 Å². The third-order valence-corrected chi connectivity index (χ3v) is 7.87. The predicted octanol–water partition coefficient (Wildman–Crippen LogP) is 5.30. The standard InChI is InChI=1S/C28H28ClN7O2/c1-2-3-8-23-30-27(29)26-22(36-24(37)15-16-25(36)38)14-13-21(35(23)26)18-11-9-17(10-12-18)19-6-4-5-7-20(19)28-31-33-34-32-28/h4-7,9-12,21-22H,2-3,8,13-16H2,1H3,(H,31,32,33,34)/t21-,22-/m0/s1. The maximum atomic E-state index is 12.6. The summed E-state index contributed by atoms with van der Waals surface area (Å²) in [6.07, 6.45) is 4.77. The second kappa shape index (κ2) is 10.1. The Hall–Kier alpha value is -3.85. The van der Waals surface area contributed by atoms with Crippen LogP contribution in [0.15, 0.2) is 48.5 Å². The van der Waals surface area contributed by atoms with Gasteiger partial charge in [0, 0.05) is 24.8 Å². The van der Waals surface area contributed by atoms with Crippen molar-refractivity contribution in [2.75, 3.05) is 0 Å². The van der Waals surface area contributed by atoms with E-state index in [-0.39, 0.29) is 36.7 Å². The van der Waals surface area contributed by atoms with Crippen LogP contribution < -0.4 is 0 Å². The normalized spacial score (nSPS) is 19.3. The molecular formula is C28H28ClN7O2. The molecule has 0 radical (unpaired) electrons. The van der Waals surface area contributed by atoms with E-state index in [1.807, 2.05) is 24.3 Å². The second-order valence-corrected chi connectivity index (χ2v) is 10.2. The van der Waals surface area contributed by atoms with Crippen molar-refractivity contribution in [2.24, 2.45) is 0 Å². The average Bonchev–Trinajstić information content (AvgIpc) is 3.67. The zero-order valence-electron chi connectivity index (χ0n) is 21.1. The molecule has 1 saturated heterocycles. The Balaban J connectivity index is 1.38. The maximum absolute atomic E-state index is 12.6. The van der Waals surface area contributed by atoms with Gasteiger partial charge in [-0.3, -0.25) is 14.5 Å². The van der Waals surface area contributed by atoms with Gasteiger partial charge in [-0.1, -0.05) is 73.5 Å². The number of aromatic amines is 1. The monoisotopic (exact) mass is 529 g/mol. The number of H-pyrrole nitrogens is 1. The first-order valence-corrected chi connectivity index (χ1v) is 13.5. The molecule has 0 bridgehead atoms. The Kier molecular flexibility index (Phi) is 6.53. The minimum Gasteiger partial charge on any atom is -0.321 e. The van der Waals surface area contributed by atoms with E-state index < -0.39 is 0 Å². The van der Waals surface area contributed by atoms with Gasteiger partial charge < -0.3 is 4.57 Å². The van der Waals surface area contributed by atoms with Crippen molar-refractivity contribution >= 4 is 23.4 Å². The Bertz CT molecular complexity index is 1460. The topological polar surface area (TPSA) is 110 Å². The van der Waals surface area contributed by atoms with E-state index in [9.17, 15) is 9.59 Å². The number of benzene rings is 2. The number of halogens is 1. The van der Waals surface area contributed by atoms with Gasteiger partial charge in [-0.05, 0) is 41.2 Å². The van der Waals surface area contributed by atoms with Crippen molar-refractivity contribution in [1.82, 2.24) is 35.1 Å². The van der Waals surface area contributed by atoms with E-state index in [0.29, 0.717) is 17.4 Å². The van der Waals surface area contributed by atoms with E-state index in [1.54, 1.807) is 0 Å². The Morgan fingerprint density at radius 1 is 0.974 bits per heavy atom. The number of carbonyl (C=O) groups is 2. The highest BCUT2D eigenvalue weighted by atomic mass is 35.5. The number of unbranched alkanes of at least 4 members (excludes halogenated alkanes) is 1. The molecule has 4 aromatic rings. The number of aromatic nitrogens is 6. The lowest BCUT2D eigenvalue weighted by Crippen LogP contribution is -2.38. The number of nitrogens with zero attached hydrogens (tertiary/aromatic N) is 6. The first-order valence-electron chi connectivity index (χ1n) is 13.1. The van der Waals surface area contributed by atoms with Crippen LogP contribution in [-0.2, 0) is 16.0 Å². The molecule has 194 valence electrons. The number of hydrogen-bond donors (Lipinski definition) is 1. The van der Waals surface area contributed by atoms with E-state index in [1.165, 1.54) is 4.90 Å². The van der Waals surface area contributed by atoms with Crippen molar-refractivity contribution in [3.05, 3.63) is 70.8 Å². The number of fused-ring (bicyclic) bond motifs is 1. The van der Waals surface area contributed by atoms with Gasteiger partial charge in [-0.25, -0.2) is 4.98 Å². The number of hydrogen-bond acceptors (Lipinski definition) is 6. The molecule has 2 aromatic carbocycles. The van der Waals surface area contributed by atoms with Crippen molar-refractivity contribution in [3.8, 4) is 22.5 Å². The molecule has 2 atom stereocenters. The molecule has 0 saturated carbocycles. The summed E-state index contributed by atoms with van der Waals surface area (Å²) in [5, 5.41) is 14.9. The van der Waals surface area contributed by atoms with Gasteiger partial charge >= 0.3 is 0 Å². The lowest BCUT2D eigenvalue weighted by Gasteiger charge is -2.36. The van der Waals surface area contributed by atoms with Gasteiger partial charge in [0.15, 0.2) is 5.15 Å². The van der Waals surface area contributed by atoms with Crippen LogP contribution in [0, 0.1) is 0 Å². The number of nitrogens with one attached hydrogen (secondary N) is 1. The first kappa shape index (κ1) is 24.5. The zero-order valence-corrected chi connectivity index (χ0v) is 21.9. The summed E-state index contributed by atoms with van der Waals surface area (Å²) in [5.41, 5.74) is 4.89. The summed E-state index contributed by atoms with van der Waals surface area (Å²) in [5.74, 6) is 1.21. The van der Waals surface area contributed by atoms with E-state index in [4.69, 9.17) is 16.6 Å². The fraction of sp³-hybridized carbons (Fsp3) is 0.357. The highest BCUT2D eigenvalue weighted by molar-refractivity contribution is 6.30. The first-order chi connectivity index (χ1) is 18.6. The molecule has 4 heterocycles. The Morgan fingerprint density at radius 2 is 1.68 bits per heavy atom.